The number of rotatable bonds is 2. The number of hydrogen-bond acceptors (Lipinski definition) is 3. The number of methoxy groups -OCH3 is 1. The van der Waals surface area contributed by atoms with Crippen molar-refractivity contribution in [3.05, 3.63) is 28.6 Å². The third-order valence-electron chi connectivity index (χ3n) is 2.25. The number of carbonyl (C=O) groups excluding carboxylic acids is 1. The number of esters is 1. The summed E-state index contributed by atoms with van der Waals surface area (Å²) in [6.45, 7) is 3.09. The van der Waals surface area contributed by atoms with Crippen molar-refractivity contribution in [2.45, 2.75) is 26.4 Å². The van der Waals surface area contributed by atoms with E-state index in [0.717, 1.165) is 13.2 Å². The van der Waals surface area contributed by atoms with Crippen LogP contribution in [-0.2, 0) is 17.3 Å². The zero-order valence-electron chi connectivity index (χ0n) is 9.68. The largest absolute Gasteiger partial charge is 0.465 e. The molecule has 1 rings (SSSR count). The zero-order chi connectivity index (χ0) is 13.2. The molecule has 0 aromatic carbocycles. The van der Waals surface area contributed by atoms with E-state index < -0.39 is 23.3 Å². The minimum atomic E-state index is -4.60. The van der Waals surface area contributed by atoms with E-state index in [1.165, 1.54) is 6.92 Å². The maximum absolute atomic E-state index is 12.8. The van der Waals surface area contributed by atoms with Crippen molar-refractivity contribution < 1.29 is 22.7 Å². The standard InChI is InChI=1S/C11H12F3NO2/c1-4-8-9(10(16)17-3)7(11(12,13)14)5-6(2)15-8/h5H,4H2,1-3H3. The molecule has 0 aliphatic carbocycles. The number of alkyl halides is 3. The van der Waals surface area contributed by atoms with Crippen molar-refractivity contribution in [1.82, 2.24) is 4.98 Å². The van der Waals surface area contributed by atoms with Crippen LogP contribution in [0.25, 0.3) is 0 Å². The molecule has 0 saturated carbocycles. The van der Waals surface area contributed by atoms with Crippen molar-refractivity contribution in [3.8, 4) is 0 Å². The lowest BCUT2D eigenvalue weighted by Gasteiger charge is -2.15. The summed E-state index contributed by atoms with van der Waals surface area (Å²) >= 11 is 0. The van der Waals surface area contributed by atoms with Gasteiger partial charge in [-0.2, -0.15) is 13.2 Å². The lowest BCUT2D eigenvalue weighted by molar-refractivity contribution is -0.138. The average molecular weight is 247 g/mol. The summed E-state index contributed by atoms with van der Waals surface area (Å²) in [6.07, 6.45) is -4.36. The van der Waals surface area contributed by atoms with Crippen molar-refractivity contribution in [1.29, 1.82) is 0 Å². The molecule has 17 heavy (non-hydrogen) atoms. The van der Waals surface area contributed by atoms with E-state index in [1.807, 2.05) is 0 Å². The van der Waals surface area contributed by atoms with Crippen LogP contribution in [0.2, 0.25) is 0 Å². The molecule has 0 N–H and O–H groups in total. The molecular weight excluding hydrogens is 235 g/mol. The van der Waals surface area contributed by atoms with E-state index in [4.69, 9.17) is 0 Å². The first-order chi connectivity index (χ1) is 7.81. The van der Waals surface area contributed by atoms with Crippen molar-refractivity contribution in [2.75, 3.05) is 7.11 Å². The smallest absolute Gasteiger partial charge is 0.417 e. The van der Waals surface area contributed by atoms with Gasteiger partial charge in [0.25, 0.3) is 0 Å². The topological polar surface area (TPSA) is 39.2 Å². The van der Waals surface area contributed by atoms with Crippen molar-refractivity contribution in [3.63, 3.8) is 0 Å². The van der Waals surface area contributed by atoms with E-state index in [-0.39, 0.29) is 17.8 Å². The minimum absolute atomic E-state index is 0.101. The molecule has 6 heteroatoms. The summed E-state index contributed by atoms with van der Waals surface area (Å²) in [5.74, 6) is -1.01. The lowest BCUT2D eigenvalue weighted by atomic mass is 10.0. The fourth-order valence-corrected chi connectivity index (χ4v) is 1.55. The van der Waals surface area contributed by atoms with E-state index in [0.29, 0.717) is 0 Å². The summed E-state index contributed by atoms with van der Waals surface area (Å²) < 4.78 is 42.8. The van der Waals surface area contributed by atoms with Gasteiger partial charge in [-0.3, -0.25) is 4.98 Å². The second-order valence-corrected chi connectivity index (χ2v) is 3.48. The van der Waals surface area contributed by atoms with Crippen LogP contribution in [0.4, 0.5) is 13.2 Å². The van der Waals surface area contributed by atoms with Crippen molar-refractivity contribution >= 4 is 5.97 Å². The maximum Gasteiger partial charge on any atom is 0.417 e. The molecule has 0 radical (unpaired) electrons. The number of ether oxygens (including phenoxy) is 1. The molecular formula is C11H12F3NO2. The third-order valence-corrected chi connectivity index (χ3v) is 2.25. The first kappa shape index (κ1) is 13.5. The Morgan fingerprint density at radius 1 is 1.47 bits per heavy atom. The third kappa shape index (κ3) is 2.75. The zero-order valence-corrected chi connectivity index (χ0v) is 9.68. The Morgan fingerprint density at radius 3 is 2.47 bits per heavy atom. The normalized spacial score (nSPS) is 11.4. The van der Waals surface area contributed by atoms with Crippen LogP contribution < -0.4 is 0 Å². The molecule has 0 saturated heterocycles. The SMILES string of the molecule is CCc1nc(C)cc(C(F)(F)F)c1C(=O)OC. The van der Waals surface area contributed by atoms with Crippen LogP contribution in [-0.4, -0.2) is 18.1 Å². The number of aryl methyl sites for hydroxylation is 2. The molecule has 0 unspecified atom stereocenters. The molecule has 3 nitrogen and oxygen atoms in total. The summed E-state index contributed by atoms with van der Waals surface area (Å²) in [4.78, 5) is 15.3. The molecule has 0 spiro atoms. The van der Waals surface area contributed by atoms with Gasteiger partial charge in [0.15, 0.2) is 0 Å². The van der Waals surface area contributed by atoms with Gasteiger partial charge in [0, 0.05) is 5.69 Å². The monoisotopic (exact) mass is 247 g/mol. The van der Waals surface area contributed by atoms with Gasteiger partial charge < -0.3 is 4.74 Å². The van der Waals surface area contributed by atoms with Crippen LogP contribution >= 0.6 is 0 Å². The van der Waals surface area contributed by atoms with Crippen LogP contribution in [0.15, 0.2) is 6.07 Å². The summed E-state index contributed by atoms with van der Waals surface area (Å²) in [5.41, 5.74) is -1.16. The summed E-state index contributed by atoms with van der Waals surface area (Å²) in [7, 11) is 1.04. The van der Waals surface area contributed by atoms with Gasteiger partial charge in [0.2, 0.25) is 0 Å². The first-order valence-electron chi connectivity index (χ1n) is 4.97. The number of nitrogens with zero attached hydrogens (tertiary/aromatic N) is 1. The molecule has 0 fully saturated rings. The predicted octanol–water partition coefficient (Wildman–Crippen LogP) is 2.76. The molecule has 94 valence electrons. The van der Waals surface area contributed by atoms with Gasteiger partial charge in [0.05, 0.1) is 23.9 Å². The first-order valence-corrected chi connectivity index (χ1v) is 4.97. The summed E-state index contributed by atoms with van der Waals surface area (Å²) in [6, 6.07) is 0.853. The molecule has 1 heterocycles. The number of hydrogen-bond donors (Lipinski definition) is 0. The average Bonchev–Trinajstić information content (AvgIpc) is 2.25. The van der Waals surface area contributed by atoms with Gasteiger partial charge in [-0.25, -0.2) is 4.79 Å². The highest BCUT2D eigenvalue weighted by atomic mass is 19.4. The number of carbonyl (C=O) groups is 1. The maximum atomic E-state index is 12.8. The second kappa shape index (κ2) is 4.73. The molecule has 0 aliphatic heterocycles. The van der Waals surface area contributed by atoms with E-state index >= 15 is 0 Å². The van der Waals surface area contributed by atoms with Gasteiger partial charge >= 0.3 is 12.1 Å². The van der Waals surface area contributed by atoms with Crippen LogP contribution in [0.5, 0.6) is 0 Å². The Bertz CT molecular complexity index is 441. The lowest BCUT2D eigenvalue weighted by Crippen LogP contribution is -2.18. The van der Waals surface area contributed by atoms with E-state index in [9.17, 15) is 18.0 Å². The Balaban J connectivity index is 3.56. The van der Waals surface area contributed by atoms with Gasteiger partial charge in [-0.15, -0.1) is 0 Å². The van der Waals surface area contributed by atoms with Gasteiger partial charge in [0.1, 0.15) is 0 Å². The molecule has 0 aliphatic rings. The number of halogens is 3. The van der Waals surface area contributed by atoms with E-state index in [1.54, 1.807) is 6.92 Å². The van der Waals surface area contributed by atoms with Crippen LogP contribution in [0, 0.1) is 6.92 Å². The Kier molecular flexibility index (Phi) is 3.75. The molecule has 0 atom stereocenters. The Labute approximate surface area is 96.6 Å². The molecule has 1 aromatic heterocycles. The van der Waals surface area contributed by atoms with Gasteiger partial charge in [-0.05, 0) is 19.4 Å². The van der Waals surface area contributed by atoms with Gasteiger partial charge in [-0.1, -0.05) is 6.92 Å². The highest BCUT2D eigenvalue weighted by Gasteiger charge is 2.37. The molecule has 1 aromatic rings. The number of aromatic nitrogens is 1. The Hall–Kier alpha value is -1.59. The van der Waals surface area contributed by atoms with Crippen molar-refractivity contribution in [2.24, 2.45) is 0 Å². The highest BCUT2D eigenvalue weighted by Crippen LogP contribution is 2.34. The van der Waals surface area contributed by atoms with Crippen LogP contribution in [0.1, 0.15) is 34.2 Å². The number of pyridine rings is 1. The molecule has 0 bridgehead atoms. The fourth-order valence-electron chi connectivity index (χ4n) is 1.55. The quantitative estimate of drug-likeness (QED) is 0.754. The summed E-state index contributed by atoms with van der Waals surface area (Å²) in [5, 5.41) is 0. The van der Waals surface area contributed by atoms with E-state index in [2.05, 4.69) is 9.72 Å². The highest BCUT2D eigenvalue weighted by molar-refractivity contribution is 5.92. The molecule has 0 amide bonds. The minimum Gasteiger partial charge on any atom is -0.465 e. The Morgan fingerprint density at radius 2 is 2.06 bits per heavy atom. The van der Waals surface area contributed by atoms with Crippen LogP contribution in [0.3, 0.4) is 0 Å². The predicted molar refractivity (Wildman–Crippen MR) is 54.7 cm³/mol. The fraction of sp³-hybridized carbons (Fsp3) is 0.455. The second-order valence-electron chi connectivity index (χ2n) is 3.48.